The summed E-state index contributed by atoms with van der Waals surface area (Å²) < 4.78 is 0. The lowest BCUT2D eigenvalue weighted by molar-refractivity contribution is 0.0928. The number of hydrogen-bond donors (Lipinski definition) is 2. The smallest absolute Gasteiger partial charge is 0.251 e. The number of nitrogens with one attached hydrogen (secondary N) is 1. The van der Waals surface area contributed by atoms with Crippen LogP contribution in [-0.2, 0) is 12.8 Å². The van der Waals surface area contributed by atoms with Gasteiger partial charge in [-0.3, -0.25) is 4.79 Å². The third-order valence-electron chi connectivity index (χ3n) is 5.07. The molecule has 1 fully saturated rings. The van der Waals surface area contributed by atoms with Gasteiger partial charge in [-0.1, -0.05) is 55.0 Å². The first-order valence-electron chi connectivity index (χ1n) is 8.90. The van der Waals surface area contributed by atoms with Crippen molar-refractivity contribution in [2.24, 2.45) is 11.7 Å². The van der Waals surface area contributed by atoms with Crippen LogP contribution in [0.1, 0.15) is 40.7 Å². The maximum absolute atomic E-state index is 12.7. The molecule has 2 aromatic carbocycles. The van der Waals surface area contributed by atoms with Crippen molar-refractivity contribution in [3.8, 4) is 0 Å². The molecule has 1 aliphatic carbocycles. The number of carbonyl (C=O) groups excluding carboxylic acids is 1. The maximum Gasteiger partial charge on any atom is 0.251 e. The Morgan fingerprint density at radius 1 is 1.00 bits per heavy atom. The fraction of sp³-hybridized carbons (Fsp3) is 0.381. The number of nitrogens with two attached hydrogens (primary N) is 1. The highest BCUT2D eigenvalue weighted by Crippen LogP contribution is 2.25. The summed E-state index contributed by atoms with van der Waals surface area (Å²) in [5.74, 6) is 0.467. The van der Waals surface area contributed by atoms with Gasteiger partial charge < -0.3 is 11.1 Å². The summed E-state index contributed by atoms with van der Waals surface area (Å²) >= 11 is 0. The quantitative estimate of drug-likeness (QED) is 0.826. The first-order chi connectivity index (χ1) is 11.8. The largest absolute Gasteiger partial charge is 0.349 e. The van der Waals surface area contributed by atoms with E-state index in [4.69, 9.17) is 5.73 Å². The van der Waals surface area contributed by atoms with Crippen LogP contribution in [-0.4, -0.2) is 18.5 Å². The van der Waals surface area contributed by atoms with Crippen molar-refractivity contribution in [1.29, 1.82) is 0 Å². The minimum Gasteiger partial charge on any atom is -0.349 e. The lowest BCUT2D eigenvalue weighted by Gasteiger charge is -2.20. The van der Waals surface area contributed by atoms with Crippen LogP contribution in [0.3, 0.4) is 0 Å². The molecule has 0 radical (unpaired) electrons. The Kier molecular flexibility index (Phi) is 7.48. The summed E-state index contributed by atoms with van der Waals surface area (Å²) in [5, 5.41) is 3.22. The summed E-state index contributed by atoms with van der Waals surface area (Å²) in [4.78, 5) is 12.7. The van der Waals surface area contributed by atoms with E-state index in [1.54, 1.807) is 0 Å². The van der Waals surface area contributed by atoms with Crippen LogP contribution in [0.25, 0.3) is 0 Å². The van der Waals surface area contributed by atoms with E-state index in [2.05, 4.69) is 35.6 Å². The van der Waals surface area contributed by atoms with E-state index < -0.39 is 0 Å². The number of rotatable bonds is 6. The molecule has 3 nitrogen and oxygen atoms in total. The van der Waals surface area contributed by atoms with E-state index in [-0.39, 0.29) is 24.4 Å². The zero-order valence-electron chi connectivity index (χ0n) is 14.5. The molecule has 0 bridgehead atoms. The van der Waals surface area contributed by atoms with Crippen LogP contribution in [0.15, 0.2) is 54.6 Å². The van der Waals surface area contributed by atoms with Gasteiger partial charge >= 0.3 is 0 Å². The molecule has 25 heavy (non-hydrogen) atoms. The molecule has 0 aliphatic heterocycles. The summed E-state index contributed by atoms with van der Waals surface area (Å²) in [6.45, 7) is 0.653. The van der Waals surface area contributed by atoms with Gasteiger partial charge in [0, 0.05) is 11.6 Å². The third kappa shape index (κ3) is 5.07. The molecule has 1 saturated carbocycles. The highest BCUT2D eigenvalue weighted by Gasteiger charge is 2.28. The molecular weight excluding hydrogens is 332 g/mol. The van der Waals surface area contributed by atoms with Crippen molar-refractivity contribution >= 4 is 18.3 Å². The van der Waals surface area contributed by atoms with Gasteiger partial charge in [-0.05, 0) is 55.3 Å². The van der Waals surface area contributed by atoms with Crippen molar-refractivity contribution in [2.75, 3.05) is 6.54 Å². The molecule has 0 saturated heterocycles. The predicted octanol–water partition coefficient (Wildman–Crippen LogP) is 3.75. The molecule has 0 aromatic heterocycles. The predicted molar refractivity (Wildman–Crippen MR) is 105 cm³/mol. The number of hydrogen-bond acceptors (Lipinski definition) is 2. The molecule has 2 aromatic rings. The standard InChI is InChI=1S/C21H26N2O.ClH/c22-15-18-10-6-12-20(18)23-21(24)19-11-5-4-9-17(19)14-13-16-7-2-1-3-8-16;/h1-5,7-9,11,18,20H,6,10,12-15,22H2,(H,23,24);1H. The normalized spacial score (nSPS) is 19.2. The lowest BCUT2D eigenvalue weighted by Crippen LogP contribution is -2.40. The Labute approximate surface area is 156 Å². The van der Waals surface area contributed by atoms with E-state index >= 15 is 0 Å². The van der Waals surface area contributed by atoms with Crippen LogP contribution < -0.4 is 11.1 Å². The SMILES string of the molecule is Cl.NCC1CCCC1NC(=O)c1ccccc1CCc1ccccc1. The molecule has 3 rings (SSSR count). The van der Waals surface area contributed by atoms with Gasteiger partial charge in [0.1, 0.15) is 0 Å². The molecule has 2 unspecified atom stereocenters. The molecule has 134 valence electrons. The number of halogens is 1. The topological polar surface area (TPSA) is 55.1 Å². The van der Waals surface area contributed by atoms with Crippen LogP contribution in [0, 0.1) is 5.92 Å². The van der Waals surface area contributed by atoms with Gasteiger partial charge in [0.25, 0.3) is 5.91 Å². The number of benzene rings is 2. The van der Waals surface area contributed by atoms with Crippen LogP contribution >= 0.6 is 12.4 Å². The summed E-state index contributed by atoms with van der Waals surface area (Å²) in [7, 11) is 0. The Hall–Kier alpha value is -1.84. The minimum atomic E-state index is 0. The van der Waals surface area contributed by atoms with Crippen LogP contribution in [0.5, 0.6) is 0 Å². The van der Waals surface area contributed by atoms with Crippen molar-refractivity contribution in [3.05, 3.63) is 71.3 Å². The van der Waals surface area contributed by atoms with E-state index in [9.17, 15) is 4.79 Å². The Balaban J connectivity index is 0.00000225. The third-order valence-corrected chi connectivity index (χ3v) is 5.07. The zero-order chi connectivity index (χ0) is 16.8. The Bertz CT molecular complexity index is 675. The van der Waals surface area contributed by atoms with Gasteiger partial charge in [0.05, 0.1) is 0 Å². The average Bonchev–Trinajstić information content (AvgIpc) is 3.08. The Morgan fingerprint density at radius 2 is 1.72 bits per heavy atom. The van der Waals surface area contributed by atoms with Gasteiger partial charge in [-0.25, -0.2) is 0 Å². The van der Waals surface area contributed by atoms with E-state index in [0.717, 1.165) is 43.2 Å². The van der Waals surface area contributed by atoms with Gasteiger partial charge in [-0.15, -0.1) is 12.4 Å². The second kappa shape index (κ2) is 9.59. The Morgan fingerprint density at radius 3 is 2.48 bits per heavy atom. The monoisotopic (exact) mass is 358 g/mol. The van der Waals surface area contributed by atoms with E-state index in [1.165, 1.54) is 5.56 Å². The second-order valence-corrected chi connectivity index (χ2v) is 6.65. The van der Waals surface area contributed by atoms with Crippen LogP contribution in [0.2, 0.25) is 0 Å². The minimum absolute atomic E-state index is 0. The number of carbonyl (C=O) groups is 1. The molecule has 0 spiro atoms. The molecular formula is C21H27ClN2O. The first-order valence-corrected chi connectivity index (χ1v) is 8.90. The number of aryl methyl sites for hydroxylation is 2. The lowest BCUT2D eigenvalue weighted by atomic mass is 9.98. The zero-order valence-corrected chi connectivity index (χ0v) is 15.3. The van der Waals surface area contributed by atoms with Crippen molar-refractivity contribution in [3.63, 3.8) is 0 Å². The summed E-state index contributed by atoms with van der Waals surface area (Å²) in [6, 6.07) is 18.6. The molecule has 4 heteroatoms. The fourth-order valence-electron chi connectivity index (χ4n) is 3.64. The van der Waals surface area contributed by atoms with Gasteiger partial charge in [-0.2, -0.15) is 0 Å². The fourth-order valence-corrected chi connectivity index (χ4v) is 3.64. The molecule has 2 atom stereocenters. The second-order valence-electron chi connectivity index (χ2n) is 6.65. The number of amides is 1. The maximum atomic E-state index is 12.7. The summed E-state index contributed by atoms with van der Waals surface area (Å²) in [5.41, 5.74) is 9.04. The van der Waals surface area contributed by atoms with E-state index in [1.807, 2.05) is 24.3 Å². The molecule has 1 amide bonds. The first kappa shape index (κ1) is 19.5. The van der Waals surface area contributed by atoms with E-state index in [0.29, 0.717) is 12.5 Å². The summed E-state index contributed by atoms with van der Waals surface area (Å²) in [6.07, 6.45) is 5.14. The van der Waals surface area contributed by atoms with Crippen LogP contribution in [0.4, 0.5) is 0 Å². The average molecular weight is 359 g/mol. The molecule has 1 aliphatic rings. The highest BCUT2D eigenvalue weighted by atomic mass is 35.5. The van der Waals surface area contributed by atoms with Gasteiger partial charge in [0.2, 0.25) is 0 Å². The highest BCUT2D eigenvalue weighted by molar-refractivity contribution is 5.95. The van der Waals surface area contributed by atoms with Gasteiger partial charge in [0.15, 0.2) is 0 Å². The van der Waals surface area contributed by atoms with Crippen molar-refractivity contribution in [2.45, 2.75) is 38.1 Å². The van der Waals surface area contributed by atoms with Crippen molar-refractivity contribution < 1.29 is 4.79 Å². The molecule has 0 heterocycles. The molecule has 3 N–H and O–H groups in total. The van der Waals surface area contributed by atoms with Crippen molar-refractivity contribution in [1.82, 2.24) is 5.32 Å².